The Kier molecular flexibility index (Phi) is 5.83. The fourth-order valence-electron chi connectivity index (χ4n) is 2.30. The number of hydrogen-bond acceptors (Lipinski definition) is 3. The molecule has 0 radical (unpaired) electrons. The third kappa shape index (κ3) is 4.22. The summed E-state index contributed by atoms with van der Waals surface area (Å²) in [4.78, 5) is 0. The second-order valence-electron chi connectivity index (χ2n) is 5.93. The molecule has 0 spiro atoms. The van der Waals surface area contributed by atoms with Crippen LogP contribution in [0.5, 0.6) is 5.75 Å². The highest BCUT2D eigenvalue weighted by Gasteiger charge is 2.32. The van der Waals surface area contributed by atoms with Gasteiger partial charge < -0.3 is 15.2 Å². The molecule has 3 heteroatoms. The molecule has 0 amide bonds. The zero-order chi connectivity index (χ0) is 14.5. The molecule has 108 valence electrons. The summed E-state index contributed by atoms with van der Waals surface area (Å²) < 4.78 is 11.4. The molecule has 0 aliphatic heterocycles. The molecule has 0 fully saturated rings. The predicted molar refractivity (Wildman–Crippen MR) is 79.4 cm³/mol. The third-order valence-corrected chi connectivity index (χ3v) is 3.17. The van der Waals surface area contributed by atoms with E-state index in [0.717, 1.165) is 17.7 Å². The van der Waals surface area contributed by atoms with Crippen LogP contribution in [0.4, 0.5) is 0 Å². The van der Waals surface area contributed by atoms with Gasteiger partial charge in [0, 0.05) is 12.7 Å². The summed E-state index contributed by atoms with van der Waals surface area (Å²) in [5.74, 6) is 0.864. The van der Waals surface area contributed by atoms with Gasteiger partial charge in [0.1, 0.15) is 5.75 Å². The third-order valence-electron chi connectivity index (χ3n) is 3.17. The van der Waals surface area contributed by atoms with Crippen LogP contribution in [0.1, 0.15) is 45.7 Å². The first-order chi connectivity index (χ1) is 8.91. The zero-order valence-electron chi connectivity index (χ0n) is 12.8. The SMILES string of the molecule is CCCOc1ccccc1C(N)C(OC)C(C)(C)C. The maximum atomic E-state index is 6.40. The zero-order valence-corrected chi connectivity index (χ0v) is 12.8. The first kappa shape index (κ1) is 16.0. The van der Waals surface area contributed by atoms with Crippen molar-refractivity contribution in [2.24, 2.45) is 11.1 Å². The summed E-state index contributed by atoms with van der Waals surface area (Å²) >= 11 is 0. The highest BCUT2D eigenvalue weighted by atomic mass is 16.5. The number of benzene rings is 1. The van der Waals surface area contributed by atoms with Crippen molar-refractivity contribution in [3.8, 4) is 5.75 Å². The van der Waals surface area contributed by atoms with Crippen molar-refractivity contribution >= 4 is 0 Å². The lowest BCUT2D eigenvalue weighted by Crippen LogP contribution is -2.38. The molecule has 1 aromatic rings. The fraction of sp³-hybridized carbons (Fsp3) is 0.625. The quantitative estimate of drug-likeness (QED) is 0.855. The monoisotopic (exact) mass is 265 g/mol. The normalized spacial score (nSPS) is 15.1. The van der Waals surface area contributed by atoms with Gasteiger partial charge in [-0.25, -0.2) is 0 Å². The Hall–Kier alpha value is -1.06. The predicted octanol–water partition coefficient (Wildman–Crippen LogP) is 3.54. The molecule has 19 heavy (non-hydrogen) atoms. The van der Waals surface area contributed by atoms with Crippen molar-refractivity contribution in [1.82, 2.24) is 0 Å². The summed E-state index contributed by atoms with van der Waals surface area (Å²) in [6.07, 6.45) is 0.926. The largest absolute Gasteiger partial charge is 0.493 e. The molecule has 0 heterocycles. The molecule has 0 saturated carbocycles. The first-order valence-corrected chi connectivity index (χ1v) is 6.92. The second kappa shape index (κ2) is 6.92. The molecule has 0 aromatic heterocycles. The molecule has 2 atom stereocenters. The highest BCUT2D eigenvalue weighted by Crippen LogP contribution is 2.34. The Labute approximate surface area is 117 Å². The Balaban J connectivity index is 3.00. The first-order valence-electron chi connectivity index (χ1n) is 6.92. The van der Waals surface area contributed by atoms with Crippen molar-refractivity contribution in [3.05, 3.63) is 29.8 Å². The van der Waals surface area contributed by atoms with Crippen molar-refractivity contribution in [1.29, 1.82) is 0 Å². The van der Waals surface area contributed by atoms with Crippen LogP contribution >= 0.6 is 0 Å². The number of rotatable bonds is 6. The van der Waals surface area contributed by atoms with Crippen LogP contribution in [0.25, 0.3) is 0 Å². The van der Waals surface area contributed by atoms with E-state index in [4.69, 9.17) is 15.2 Å². The van der Waals surface area contributed by atoms with E-state index in [1.165, 1.54) is 0 Å². The van der Waals surface area contributed by atoms with E-state index in [9.17, 15) is 0 Å². The molecule has 1 rings (SSSR count). The van der Waals surface area contributed by atoms with Gasteiger partial charge in [-0.15, -0.1) is 0 Å². The van der Waals surface area contributed by atoms with E-state index in [1.807, 2.05) is 24.3 Å². The smallest absolute Gasteiger partial charge is 0.124 e. The molecular formula is C16H27NO2. The van der Waals surface area contributed by atoms with E-state index in [2.05, 4.69) is 27.7 Å². The van der Waals surface area contributed by atoms with Gasteiger partial charge in [0.15, 0.2) is 0 Å². The van der Waals surface area contributed by atoms with Crippen LogP contribution in [0.3, 0.4) is 0 Å². The van der Waals surface area contributed by atoms with Gasteiger partial charge >= 0.3 is 0 Å². The van der Waals surface area contributed by atoms with Gasteiger partial charge in [0.05, 0.1) is 18.8 Å². The molecule has 2 N–H and O–H groups in total. The van der Waals surface area contributed by atoms with E-state index in [1.54, 1.807) is 7.11 Å². The van der Waals surface area contributed by atoms with Gasteiger partial charge in [-0.3, -0.25) is 0 Å². The summed E-state index contributed by atoms with van der Waals surface area (Å²) in [6, 6.07) is 7.76. The molecule has 2 unspecified atom stereocenters. The van der Waals surface area contributed by atoms with E-state index >= 15 is 0 Å². The van der Waals surface area contributed by atoms with E-state index in [-0.39, 0.29) is 17.6 Å². The van der Waals surface area contributed by atoms with Crippen molar-refractivity contribution in [2.45, 2.75) is 46.3 Å². The molecule has 3 nitrogen and oxygen atoms in total. The Morgan fingerprint density at radius 3 is 2.37 bits per heavy atom. The van der Waals surface area contributed by atoms with Crippen LogP contribution in [-0.2, 0) is 4.74 Å². The van der Waals surface area contributed by atoms with Gasteiger partial charge in [-0.05, 0) is 17.9 Å². The van der Waals surface area contributed by atoms with Crippen LogP contribution in [-0.4, -0.2) is 19.8 Å². The molecule has 0 aliphatic carbocycles. The summed E-state index contributed by atoms with van der Waals surface area (Å²) in [7, 11) is 1.71. The summed E-state index contributed by atoms with van der Waals surface area (Å²) in [5.41, 5.74) is 7.39. The van der Waals surface area contributed by atoms with Crippen LogP contribution in [0.2, 0.25) is 0 Å². The summed E-state index contributed by atoms with van der Waals surface area (Å²) in [5, 5.41) is 0. The topological polar surface area (TPSA) is 44.5 Å². The van der Waals surface area contributed by atoms with Crippen molar-refractivity contribution < 1.29 is 9.47 Å². The van der Waals surface area contributed by atoms with Crippen LogP contribution in [0, 0.1) is 5.41 Å². The van der Waals surface area contributed by atoms with Crippen molar-refractivity contribution in [2.75, 3.05) is 13.7 Å². The molecule has 1 aromatic carbocycles. The lowest BCUT2D eigenvalue weighted by atomic mass is 9.82. The number of hydrogen-bond donors (Lipinski definition) is 1. The number of para-hydroxylation sites is 1. The van der Waals surface area contributed by atoms with E-state index < -0.39 is 0 Å². The van der Waals surface area contributed by atoms with Crippen LogP contribution < -0.4 is 10.5 Å². The number of nitrogens with two attached hydrogens (primary N) is 1. The Morgan fingerprint density at radius 2 is 1.84 bits per heavy atom. The highest BCUT2D eigenvalue weighted by molar-refractivity contribution is 5.36. The summed E-state index contributed by atoms with van der Waals surface area (Å²) in [6.45, 7) is 9.20. The van der Waals surface area contributed by atoms with Gasteiger partial charge in [-0.1, -0.05) is 45.9 Å². The lowest BCUT2D eigenvalue weighted by Gasteiger charge is -2.34. The maximum absolute atomic E-state index is 6.40. The van der Waals surface area contributed by atoms with Gasteiger partial charge in [0.25, 0.3) is 0 Å². The standard InChI is InChI=1S/C16H27NO2/c1-6-11-19-13-10-8-7-9-12(13)14(17)15(18-5)16(2,3)4/h7-10,14-15H,6,11,17H2,1-5H3. The number of ether oxygens (including phenoxy) is 2. The number of methoxy groups -OCH3 is 1. The van der Waals surface area contributed by atoms with Gasteiger partial charge in [-0.2, -0.15) is 0 Å². The van der Waals surface area contributed by atoms with Gasteiger partial charge in [0.2, 0.25) is 0 Å². The second-order valence-corrected chi connectivity index (χ2v) is 5.93. The average molecular weight is 265 g/mol. The molecular weight excluding hydrogens is 238 g/mol. The minimum atomic E-state index is -0.196. The molecule has 0 saturated heterocycles. The van der Waals surface area contributed by atoms with E-state index in [0.29, 0.717) is 6.61 Å². The molecule has 0 aliphatic rings. The average Bonchev–Trinajstić information content (AvgIpc) is 2.35. The minimum Gasteiger partial charge on any atom is -0.493 e. The Morgan fingerprint density at radius 1 is 1.21 bits per heavy atom. The van der Waals surface area contributed by atoms with Crippen LogP contribution in [0.15, 0.2) is 24.3 Å². The lowest BCUT2D eigenvalue weighted by molar-refractivity contribution is -0.00298. The van der Waals surface area contributed by atoms with Crippen molar-refractivity contribution in [3.63, 3.8) is 0 Å². The fourth-order valence-corrected chi connectivity index (χ4v) is 2.30. The minimum absolute atomic E-state index is 0.0218. The maximum Gasteiger partial charge on any atom is 0.124 e. The molecule has 0 bridgehead atoms. The Bertz CT molecular complexity index is 385.